The molecule has 0 bridgehead atoms. The zero-order chi connectivity index (χ0) is 20.1. The summed E-state index contributed by atoms with van der Waals surface area (Å²) >= 11 is 5.70. The Labute approximate surface area is 167 Å². The second kappa shape index (κ2) is 9.00. The van der Waals surface area contributed by atoms with Crippen molar-refractivity contribution < 1.29 is 13.9 Å². The highest BCUT2D eigenvalue weighted by Gasteiger charge is 2.30. The van der Waals surface area contributed by atoms with E-state index in [2.05, 4.69) is 22.9 Å². The number of carbonyl (C=O) groups is 1. The number of amides is 1. The van der Waals surface area contributed by atoms with Gasteiger partial charge in [-0.1, -0.05) is 24.2 Å². The lowest BCUT2D eigenvalue weighted by atomic mass is 9.83. The molecule has 1 N–H and O–H groups in total. The predicted octanol–water partition coefficient (Wildman–Crippen LogP) is 3.68. The molecule has 3 rings (SSSR count). The number of rotatable bonds is 8. The standard InChI is InChI=1S/C20H20ClFN4O2/c1-13(25-20(27)11-28-16-6-14(7-16)9-23)4-5-26-10-19(24-12-26)15-2-3-17(21)18(22)8-15/h2-3,8,10,12,14,16H,1,4-7,11H2,(H,25,27). The fourth-order valence-electron chi connectivity index (χ4n) is 2.85. The van der Waals surface area contributed by atoms with E-state index in [1.54, 1.807) is 18.6 Å². The molecule has 0 saturated heterocycles. The summed E-state index contributed by atoms with van der Waals surface area (Å²) in [6.07, 6.45) is 5.32. The van der Waals surface area contributed by atoms with Gasteiger partial charge >= 0.3 is 0 Å². The molecule has 6 nitrogen and oxygen atoms in total. The molecule has 8 heteroatoms. The van der Waals surface area contributed by atoms with Gasteiger partial charge in [0.2, 0.25) is 5.91 Å². The first-order valence-corrected chi connectivity index (χ1v) is 9.28. The summed E-state index contributed by atoms with van der Waals surface area (Å²) in [6.45, 7) is 4.38. The Kier molecular flexibility index (Phi) is 6.45. The van der Waals surface area contributed by atoms with Crippen molar-refractivity contribution in [3.05, 3.63) is 53.8 Å². The molecule has 146 valence electrons. The van der Waals surface area contributed by atoms with Crippen molar-refractivity contribution in [3.8, 4) is 17.3 Å². The van der Waals surface area contributed by atoms with Crippen LogP contribution in [0.25, 0.3) is 11.3 Å². The van der Waals surface area contributed by atoms with Gasteiger partial charge in [0.1, 0.15) is 12.4 Å². The first-order valence-electron chi connectivity index (χ1n) is 8.90. The van der Waals surface area contributed by atoms with E-state index in [1.807, 2.05) is 4.57 Å². The van der Waals surface area contributed by atoms with Crippen LogP contribution in [-0.2, 0) is 16.1 Å². The van der Waals surface area contributed by atoms with E-state index in [1.165, 1.54) is 12.1 Å². The second-order valence-corrected chi connectivity index (χ2v) is 7.16. The number of aromatic nitrogens is 2. The van der Waals surface area contributed by atoms with Gasteiger partial charge in [0.05, 0.1) is 35.1 Å². The van der Waals surface area contributed by atoms with Crippen molar-refractivity contribution in [2.45, 2.75) is 31.9 Å². The number of ether oxygens (including phenoxy) is 1. The average molecular weight is 403 g/mol. The Morgan fingerprint density at radius 1 is 1.50 bits per heavy atom. The number of benzene rings is 1. The van der Waals surface area contributed by atoms with Crippen molar-refractivity contribution in [3.63, 3.8) is 0 Å². The van der Waals surface area contributed by atoms with E-state index in [-0.39, 0.29) is 29.6 Å². The number of imidazole rings is 1. The highest BCUT2D eigenvalue weighted by Crippen LogP contribution is 2.29. The number of aryl methyl sites for hydroxylation is 1. The van der Waals surface area contributed by atoms with Crippen LogP contribution in [0.4, 0.5) is 4.39 Å². The molecule has 0 radical (unpaired) electrons. The lowest BCUT2D eigenvalue weighted by Gasteiger charge is -2.30. The largest absolute Gasteiger partial charge is 0.368 e. The lowest BCUT2D eigenvalue weighted by molar-refractivity contribution is -0.129. The van der Waals surface area contributed by atoms with Crippen molar-refractivity contribution in [1.82, 2.24) is 14.9 Å². The van der Waals surface area contributed by atoms with Crippen LogP contribution in [0.3, 0.4) is 0 Å². The lowest BCUT2D eigenvalue weighted by Crippen LogP contribution is -2.35. The zero-order valence-electron chi connectivity index (χ0n) is 15.2. The first kappa shape index (κ1) is 20.1. The minimum absolute atomic E-state index is 0.00857. The van der Waals surface area contributed by atoms with Crippen LogP contribution in [0.2, 0.25) is 5.02 Å². The highest BCUT2D eigenvalue weighted by molar-refractivity contribution is 6.30. The van der Waals surface area contributed by atoms with Gasteiger partial charge in [-0.25, -0.2) is 9.37 Å². The molecule has 1 aromatic carbocycles. The average Bonchev–Trinajstić information content (AvgIpc) is 3.10. The Balaban J connectivity index is 1.41. The van der Waals surface area contributed by atoms with Crippen LogP contribution in [0.15, 0.2) is 43.0 Å². The molecule has 1 heterocycles. The van der Waals surface area contributed by atoms with Crippen LogP contribution in [0.1, 0.15) is 19.3 Å². The molecular formula is C20H20ClFN4O2. The smallest absolute Gasteiger partial charge is 0.250 e. The molecule has 1 aliphatic carbocycles. The monoisotopic (exact) mass is 402 g/mol. The van der Waals surface area contributed by atoms with E-state index >= 15 is 0 Å². The topological polar surface area (TPSA) is 79.9 Å². The molecule has 2 aromatic rings. The van der Waals surface area contributed by atoms with Gasteiger partial charge in [-0.2, -0.15) is 5.26 Å². The maximum absolute atomic E-state index is 13.6. The van der Waals surface area contributed by atoms with Gasteiger partial charge in [0, 0.05) is 30.4 Å². The third-order valence-electron chi connectivity index (χ3n) is 4.56. The van der Waals surface area contributed by atoms with Gasteiger partial charge in [0.15, 0.2) is 0 Å². The molecule has 0 unspecified atom stereocenters. The van der Waals surface area contributed by atoms with Crippen LogP contribution < -0.4 is 5.32 Å². The summed E-state index contributed by atoms with van der Waals surface area (Å²) < 4.78 is 20.9. The maximum Gasteiger partial charge on any atom is 0.250 e. The molecule has 1 saturated carbocycles. The highest BCUT2D eigenvalue weighted by atomic mass is 35.5. The first-order chi connectivity index (χ1) is 13.4. The minimum atomic E-state index is -0.489. The van der Waals surface area contributed by atoms with Crippen molar-refractivity contribution in [2.75, 3.05) is 6.61 Å². The molecule has 1 amide bonds. The number of hydrogen-bond acceptors (Lipinski definition) is 4. The Bertz CT molecular complexity index is 915. The van der Waals surface area contributed by atoms with Gasteiger partial charge in [0.25, 0.3) is 0 Å². The molecule has 1 aliphatic rings. The Hall–Kier alpha value is -2.69. The van der Waals surface area contributed by atoms with Gasteiger partial charge in [-0.3, -0.25) is 4.79 Å². The van der Waals surface area contributed by atoms with Crippen molar-refractivity contribution in [1.29, 1.82) is 5.26 Å². The van der Waals surface area contributed by atoms with Crippen LogP contribution in [0, 0.1) is 23.1 Å². The molecule has 0 spiro atoms. The van der Waals surface area contributed by atoms with Crippen LogP contribution >= 0.6 is 11.6 Å². The fourth-order valence-corrected chi connectivity index (χ4v) is 2.96. The number of nitriles is 1. The van der Waals surface area contributed by atoms with Crippen molar-refractivity contribution in [2.24, 2.45) is 5.92 Å². The summed E-state index contributed by atoms with van der Waals surface area (Å²) in [6, 6.07) is 6.72. The molecule has 28 heavy (non-hydrogen) atoms. The second-order valence-electron chi connectivity index (χ2n) is 6.76. The fraction of sp³-hybridized carbons (Fsp3) is 0.350. The Morgan fingerprint density at radius 3 is 3.00 bits per heavy atom. The molecular weight excluding hydrogens is 383 g/mol. The summed E-state index contributed by atoms with van der Waals surface area (Å²) in [5.74, 6) is -0.696. The molecule has 0 aliphatic heterocycles. The Morgan fingerprint density at radius 2 is 2.29 bits per heavy atom. The maximum atomic E-state index is 13.6. The predicted molar refractivity (Wildman–Crippen MR) is 103 cm³/mol. The number of nitrogens with zero attached hydrogens (tertiary/aromatic N) is 3. The van der Waals surface area contributed by atoms with E-state index < -0.39 is 5.82 Å². The number of nitrogens with one attached hydrogen (secondary N) is 1. The van der Waals surface area contributed by atoms with Crippen molar-refractivity contribution >= 4 is 17.5 Å². The third kappa shape index (κ3) is 5.18. The summed E-state index contributed by atoms with van der Waals surface area (Å²) in [7, 11) is 0. The third-order valence-corrected chi connectivity index (χ3v) is 4.87. The van der Waals surface area contributed by atoms with Gasteiger partial charge in [-0.05, 0) is 25.0 Å². The SMILES string of the molecule is C=C(CCn1cnc(-c2ccc(Cl)c(F)c2)c1)NC(=O)COC1CC(C#N)C1. The molecule has 0 atom stereocenters. The zero-order valence-corrected chi connectivity index (χ0v) is 16.0. The molecule has 1 aromatic heterocycles. The van der Waals surface area contributed by atoms with Crippen LogP contribution in [-0.4, -0.2) is 28.2 Å². The van der Waals surface area contributed by atoms with Gasteiger partial charge in [-0.15, -0.1) is 0 Å². The number of carbonyl (C=O) groups excluding carboxylic acids is 1. The summed E-state index contributed by atoms with van der Waals surface area (Å²) in [5, 5.41) is 11.5. The van der Waals surface area contributed by atoms with Gasteiger partial charge < -0.3 is 14.6 Å². The quantitative estimate of drug-likeness (QED) is 0.730. The summed E-state index contributed by atoms with van der Waals surface area (Å²) in [5.41, 5.74) is 1.85. The number of allylic oxidation sites excluding steroid dienone is 1. The van der Waals surface area contributed by atoms with E-state index in [9.17, 15) is 9.18 Å². The normalized spacial score (nSPS) is 18.2. The van der Waals surface area contributed by atoms with Crippen LogP contribution in [0.5, 0.6) is 0 Å². The molecule has 1 fully saturated rings. The number of hydrogen-bond donors (Lipinski definition) is 1. The van der Waals surface area contributed by atoms with E-state index in [0.717, 1.165) is 0 Å². The van der Waals surface area contributed by atoms with E-state index in [4.69, 9.17) is 21.6 Å². The minimum Gasteiger partial charge on any atom is -0.368 e. The van der Waals surface area contributed by atoms with E-state index in [0.29, 0.717) is 42.8 Å². The number of halogens is 2. The summed E-state index contributed by atoms with van der Waals surface area (Å²) in [4.78, 5) is 16.1.